The molecule has 1 aromatic carbocycles. The minimum absolute atomic E-state index is 0.267. The maximum atomic E-state index is 12.3. The van der Waals surface area contributed by atoms with E-state index in [4.69, 9.17) is 0 Å². The summed E-state index contributed by atoms with van der Waals surface area (Å²) in [5.41, 5.74) is 2.50. The molecule has 1 aliphatic heterocycles. The van der Waals surface area contributed by atoms with Gasteiger partial charge in [-0.3, -0.25) is 9.59 Å². The third-order valence-corrected chi connectivity index (χ3v) is 3.86. The second-order valence-corrected chi connectivity index (χ2v) is 5.47. The Kier molecular flexibility index (Phi) is 3.20. The molecule has 1 aromatic heterocycles. The van der Waals surface area contributed by atoms with Crippen LogP contribution >= 0.6 is 11.8 Å². The Hall–Kier alpha value is -2.27. The van der Waals surface area contributed by atoms with Crippen molar-refractivity contribution in [1.29, 1.82) is 0 Å². The Bertz CT molecular complexity index is 687. The number of aryl methyl sites for hydroxylation is 1. The van der Waals surface area contributed by atoms with Crippen LogP contribution in [-0.4, -0.2) is 16.1 Å². The lowest BCUT2D eigenvalue weighted by Crippen LogP contribution is -2.27. The molecule has 0 spiro atoms. The van der Waals surface area contributed by atoms with Crippen LogP contribution in [0.5, 0.6) is 0 Å². The molecular formula is C15H12N2O2S. The summed E-state index contributed by atoms with van der Waals surface area (Å²) in [6.07, 6.45) is 3.47. The molecule has 1 fully saturated rings. The fourth-order valence-corrected chi connectivity index (χ4v) is 2.79. The molecule has 5 heteroatoms. The number of aromatic amines is 1. The Morgan fingerprint density at radius 2 is 1.90 bits per heavy atom. The van der Waals surface area contributed by atoms with E-state index in [1.165, 1.54) is 4.90 Å². The van der Waals surface area contributed by atoms with E-state index in [-0.39, 0.29) is 11.1 Å². The lowest BCUT2D eigenvalue weighted by molar-refractivity contribution is -0.113. The normalized spacial score (nSPS) is 17.2. The Balaban J connectivity index is 1.93. The second kappa shape index (κ2) is 5.02. The summed E-state index contributed by atoms with van der Waals surface area (Å²) >= 11 is 0.958. The van der Waals surface area contributed by atoms with Gasteiger partial charge < -0.3 is 4.98 Å². The number of rotatable bonds is 2. The van der Waals surface area contributed by atoms with Crippen molar-refractivity contribution in [3.63, 3.8) is 0 Å². The van der Waals surface area contributed by atoms with Crippen LogP contribution in [0.25, 0.3) is 6.08 Å². The quantitative estimate of drug-likeness (QED) is 0.858. The van der Waals surface area contributed by atoms with Crippen molar-refractivity contribution in [1.82, 2.24) is 4.98 Å². The topological polar surface area (TPSA) is 53.2 Å². The molecule has 1 aliphatic rings. The van der Waals surface area contributed by atoms with Crippen LogP contribution in [0.4, 0.5) is 10.5 Å². The first-order chi connectivity index (χ1) is 9.65. The number of hydrogen-bond acceptors (Lipinski definition) is 3. The molecule has 4 nitrogen and oxygen atoms in total. The van der Waals surface area contributed by atoms with E-state index < -0.39 is 0 Å². The van der Waals surface area contributed by atoms with E-state index in [9.17, 15) is 9.59 Å². The van der Waals surface area contributed by atoms with Gasteiger partial charge in [-0.05, 0) is 49.0 Å². The minimum atomic E-state index is -0.279. The van der Waals surface area contributed by atoms with Gasteiger partial charge >= 0.3 is 0 Å². The fraction of sp³-hybridized carbons (Fsp3) is 0.0667. The van der Waals surface area contributed by atoms with Crippen molar-refractivity contribution in [3.05, 3.63) is 58.8 Å². The first-order valence-corrected chi connectivity index (χ1v) is 6.95. The summed E-state index contributed by atoms with van der Waals surface area (Å²) < 4.78 is 0. The first-order valence-electron chi connectivity index (χ1n) is 6.13. The Morgan fingerprint density at radius 3 is 2.55 bits per heavy atom. The average Bonchev–Trinajstić information content (AvgIpc) is 3.02. The summed E-state index contributed by atoms with van der Waals surface area (Å²) in [6, 6.07) is 11.0. The molecule has 2 aromatic rings. The number of carbonyl (C=O) groups is 2. The molecule has 0 aliphatic carbocycles. The summed E-state index contributed by atoms with van der Waals surface area (Å²) in [5, 5.41) is -0.267. The monoisotopic (exact) mass is 284 g/mol. The number of amides is 2. The Morgan fingerprint density at radius 1 is 1.15 bits per heavy atom. The van der Waals surface area contributed by atoms with Crippen LogP contribution < -0.4 is 4.90 Å². The number of benzene rings is 1. The van der Waals surface area contributed by atoms with Gasteiger partial charge in [0.05, 0.1) is 10.6 Å². The summed E-state index contributed by atoms with van der Waals surface area (Å²) in [6.45, 7) is 1.96. The molecule has 100 valence electrons. The van der Waals surface area contributed by atoms with Crippen molar-refractivity contribution < 1.29 is 9.59 Å². The zero-order chi connectivity index (χ0) is 14.1. The predicted octanol–water partition coefficient (Wildman–Crippen LogP) is 3.56. The molecule has 3 rings (SSSR count). The van der Waals surface area contributed by atoms with Gasteiger partial charge in [0.25, 0.3) is 11.1 Å². The number of imide groups is 1. The zero-order valence-electron chi connectivity index (χ0n) is 10.8. The maximum absolute atomic E-state index is 12.3. The van der Waals surface area contributed by atoms with E-state index in [0.717, 1.165) is 23.0 Å². The SMILES string of the molecule is Cc1ccc(N2C(=O)S/C(=C\c3ccc[nH]3)C2=O)cc1. The molecule has 0 saturated carbocycles. The second-order valence-electron chi connectivity index (χ2n) is 4.48. The molecule has 1 saturated heterocycles. The van der Waals surface area contributed by atoms with Gasteiger partial charge in [0.15, 0.2) is 0 Å². The van der Waals surface area contributed by atoms with Gasteiger partial charge in [-0.2, -0.15) is 0 Å². The van der Waals surface area contributed by atoms with Crippen molar-refractivity contribution in [3.8, 4) is 0 Å². The van der Waals surface area contributed by atoms with E-state index in [1.54, 1.807) is 24.4 Å². The third-order valence-electron chi connectivity index (χ3n) is 2.99. The van der Waals surface area contributed by atoms with Gasteiger partial charge in [0.2, 0.25) is 0 Å². The number of H-pyrrole nitrogens is 1. The summed E-state index contributed by atoms with van der Waals surface area (Å²) in [4.78, 5) is 29.0. The number of nitrogens with zero attached hydrogens (tertiary/aromatic N) is 1. The number of aromatic nitrogens is 1. The maximum Gasteiger partial charge on any atom is 0.298 e. The van der Waals surface area contributed by atoms with E-state index in [1.807, 2.05) is 31.2 Å². The molecule has 0 radical (unpaired) electrons. The van der Waals surface area contributed by atoms with E-state index in [2.05, 4.69) is 4.98 Å². The zero-order valence-corrected chi connectivity index (χ0v) is 11.6. The highest BCUT2D eigenvalue weighted by Crippen LogP contribution is 2.35. The average molecular weight is 284 g/mol. The van der Waals surface area contributed by atoms with Crippen molar-refractivity contribution in [2.45, 2.75) is 6.92 Å². The highest BCUT2D eigenvalue weighted by molar-refractivity contribution is 8.19. The van der Waals surface area contributed by atoms with Gasteiger partial charge in [0, 0.05) is 11.9 Å². The fourth-order valence-electron chi connectivity index (χ4n) is 1.96. The van der Waals surface area contributed by atoms with Gasteiger partial charge in [-0.15, -0.1) is 0 Å². The third kappa shape index (κ3) is 2.28. The number of nitrogens with one attached hydrogen (secondary N) is 1. The number of anilines is 1. The highest BCUT2D eigenvalue weighted by atomic mass is 32.2. The largest absolute Gasteiger partial charge is 0.362 e. The predicted molar refractivity (Wildman–Crippen MR) is 80.4 cm³/mol. The van der Waals surface area contributed by atoms with Gasteiger partial charge in [-0.1, -0.05) is 17.7 Å². The Labute approximate surface area is 120 Å². The van der Waals surface area contributed by atoms with Gasteiger partial charge in [0.1, 0.15) is 0 Å². The van der Waals surface area contributed by atoms with Crippen LogP contribution in [-0.2, 0) is 4.79 Å². The van der Waals surface area contributed by atoms with Crippen LogP contribution in [0.15, 0.2) is 47.5 Å². The smallest absolute Gasteiger partial charge is 0.298 e. The van der Waals surface area contributed by atoms with Crippen LogP contribution in [0.2, 0.25) is 0 Å². The van der Waals surface area contributed by atoms with Crippen LogP contribution in [0.1, 0.15) is 11.3 Å². The van der Waals surface area contributed by atoms with Gasteiger partial charge in [-0.25, -0.2) is 4.90 Å². The standard InChI is InChI=1S/C15H12N2O2S/c1-10-4-6-12(7-5-10)17-14(18)13(20-15(17)19)9-11-3-2-8-16-11/h2-9,16H,1H3/b13-9-. The molecule has 2 amide bonds. The summed E-state index contributed by atoms with van der Waals surface area (Å²) in [5.74, 6) is -0.279. The molecular weight excluding hydrogens is 272 g/mol. The van der Waals surface area contributed by atoms with Crippen LogP contribution in [0, 0.1) is 6.92 Å². The lowest BCUT2D eigenvalue weighted by atomic mass is 10.2. The highest BCUT2D eigenvalue weighted by Gasteiger charge is 2.36. The van der Waals surface area contributed by atoms with Crippen LogP contribution in [0.3, 0.4) is 0 Å². The van der Waals surface area contributed by atoms with Crippen molar-refractivity contribution >= 4 is 34.7 Å². The van der Waals surface area contributed by atoms with Crippen molar-refractivity contribution in [2.24, 2.45) is 0 Å². The first kappa shape index (κ1) is 12.7. The van der Waals surface area contributed by atoms with Crippen molar-refractivity contribution in [2.75, 3.05) is 4.90 Å². The number of hydrogen-bond donors (Lipinski definition) is 1. The summed E-state index contributed by atoms with van der Waals surface area (Å²) in [7, 11) is 0. The molecule has 0 bridgehead atoms. The lowest BCUT2D eigenvalue weighted by Gasteiger charge is -2.12. The van der Waals surface area contributed by atoms with E-state index >= 15 is 0 Å². The number of thioether (sulfide) groups is 1. The molecule has 2 heterocycles. The molecule has 1 N–H and O–H groups in total. The molecule has 20 heavy (non-hydrogen) atoms. The minimum Gasteiger partial charge on any atom is -0.362 e. The number of carbonyl (C=O) groups excluding carboxylic acids is 2. The van der Waals surface area contributed by atoms with E-state index in [0.29, 0.717) is 10.6 Å². The molecule has 0 atom stereocenters. The molecule has 0 unspecified atom stereocenters.